The van der Waals surface area contributed by atoms with Crippen LogP contribution < -0.4 is 5.73 Å². The summed E-state index contributed by atoms with van der Waals surface area (Å²) in [4.78, 5) is 28.4. The number of esters is 1. The van der Waals surface area contributed by atoms with Gasteiger partial charge in [-0.3, -0.25) is 9.59 Å². The van der Waals surface area contributed by atoms with Crippen LogP contribution in [0.25, 0.3) is 0 Å². The van der Waals surface area contributed by atoms with E-state index >= 15 is 0 Å². The second kappa shape index (κ2) is 7.61. The van der Waals surface area contributed by atoms with Gasteiger partial charge >= 0.3 is 5.97 Å². The van der Waals surface area contributed by atoms with Gasteiger partial charge in [0.1, 0.15) is 12.1 Å². The molecule has 22 heavy (non-hydrogen) atoms. The molecule has 124 valence electrons. The lowest BCUT2D eigenvalue weighted by atomic mass is 10.1. The summed E-state index contributed by atoms with van der Waals surface area (Å²) in [5.41, 5.74) is 5.26. The first-order valence-electron chi connectivity index (χ1n) is 9.58. The number of amides is 1. The first kappa shape index (κ1) is 12.9. The van der Waals surface area contributed by atoms with Crippen molar-refractivity contribution in [2.45, 2.75) is 69.8 Å². The molecular weight excluding hydrogens is 282 g/mol. The summed E-state index contributed by atoms with van der Waals surface area (Å²) in [6.07, 6.45) is 8.50. The van der Waals surface area contributed by atoms with Crippen LogP contribution in [0.3, 0.4) is 0 Å². The zero-order chi connectivity index (χ0) is 18.5. The van der Waals surface area contributed by atoms with Crippen molar-refractivity contribution in [3.05, 3.63) is 0 Å². The molecule has 6 nitrogen and oxygen atoms in total. The van der Waals surface area contributed by atoms with Crippen LogP contribution in [0.4, 0.5) is 0 Å². The molecule has 0 bridgehead atoms. The third kappa shape index (κ3) is 5.31. The third-order valence-corrected chi connectivity index (χ3v) is 4.21. The van der Waals surface area contributed by atoms with Crippen molar-refractivity contribution in [1.82, 2.24) is 4.90 Å². The molecule has 2 N–H and O–H groups in total. The SMILES string of the molecule is [2H]C([2H])([2H])N1CC(=O)OC2(CCCCCCCCC(=O)N=C1N)CC2. The Balaban J connectivity index is 2.12. The molecule has 1 aliphatic heterocycles. The predicted molar refractivity (Wildman–Crippen MR) is 84.3 cm³/mol. The fourth-order valence-corrected chi connectivity index (χ4v) is 2.70. The van der Waals surface area contributed by atoms with Gasteiger partial charge < -0.3 is 15.4 Å². The Bertz CT molecular complexity index is 530. The van der Waals surface area contributed by atoms with Gasteiger partial charge in [0.2, 0.25) is 5.91 Å². The van der Waals surface area contributed by atoms with Crippen LogP contribution in [0.1, 0.15) is 68.3 Å². The normalized spacial score (nSPS) is 27.4. The molecule has 1 amide bonds. The van der Waals surface area contributed by atoms with Gasteiger partial charge in [0.25, 0.3) is 0 Å². The van der Waals surface area contributed by atoms with Gasteiger partial charge in [0.05, 0.1) is 0 Å². The van der Waals surface area contributed by atoms with Gasteiger partial charge in [-0.25, -0.2) is 0 Å². The van der Waals surface area contributed by atoms with Crippen molar-refractivity contribution in [3.8, 4) is 0 Å². The van der Waals surface area contributed by atoms with Gasteiger partial charge in [0.15, 0.2) is 5.96 Å². The van der Waals surface area contributed by atoms with Gasteiger partial charge in [-0.05, 0) is 32.1 Å². The number of nitrogens with two attached hydrogens (primary N) is 1. The Kier molecular flexibility index (Phi) is 4.46. The molecule has 6 heteroatoms. The highest BCUT2D eigenvalue weighted by Gasteiger charge is 2.46. The minimum atomic E-state index is -2.67. The zero-order valence-corrected chi connectivity index (χ0v) is 13.0. The number of rotatable bonds is 0. The summed E-state index contributed by atoms with van der Waals surface area (Å²) in [6.45, 7) is -3.21. The molecule has 1 fully saturated rings. The average Bonchev–Trinajstić information content (AvgIpc) is 3.25. The summed E-state index contributed by atoms with van der Waals surface area (Å²) in [6, 6.07) is 0. The predicted octanol–water partition coefficient (Wildman–Crippen LogP) is 1.97. The molecule has 1 aliphatic carbocycles. The fourth-order valence-electron chi connectivity index (χ4n) is 2.70. The minimum Gasteiger partial charge on any atom is -0.458 e. The molecule has 1 saturated carbocycles. The number of guanidine groups is 1. The van der Waals surface area contributed by atoms with E-state index in [4.69, 9.17) is 14.6 Å². The molecule has 0 aromatic rings. The topological polar surface area (TPSA) is 85.0 Å². The summed E-state index contributed by atoms with van der Waals surface area (Å²) in [5, 5.41) is 0. The second-order valence-corrected chi connectivity index (χ2v) is 6.23. The average molecular weight is 312 g/mol. The maximum atomic E-state index is 12.2. The molecule has 0 radical (unpaired) electrons. The van der Waals surface area contributed by atoms with Gasteiger partial charge in [-0.15, -0.1) is 0 Å². The van der Waals surface area contributed by atoms with Crippen LogP contribution in [0, 0.1) is 0 Å². The maximum Gasteiger partial charge on any atom is 0.326 e. The Hall–Kier alpha value is -1.59. The number of carbonyl (C=O) groups is 2. The summed E-state index contributed by atoms with van der Waals surface area (Å²) in [7, 11) is 0. The number of aliphatic imine (C=N–C) groups is 1. The number of hydrogen-bond acceptors (Lipinski definition) is 5. The van der Waals surface area contributed by atoms with E-state index in [-0.39, 0.29) is 6.42 Å². The molecule has 1 spiro atoms. The lowest BCUT2D eigenvalue weighted by molar-refractivity contribution is -0.151. The Morgan fingerprint density at radius 1 is 1.14 bits per heavy atom. The monoisotopic (exact) mass is 312 g/mol. The summed E-state index contributed by atoms with van der Waals surface area (Å²) in [5.74, 6) is -1.57. The molecule has 0 aromatic heterocycles. The van der Waals surface area contributed by atoms with Crippen LogP contribution in [0.15, 0.2) is 4.99 Å². The van der Waals surface area contributed by atoms with E-state index in [2.05, 4.69) is 4.99 Å². The van der Waals surface area contributed by atoms with Crippen LogP contribution in [0.5, 0.6) is 0 Å². The Morgan fingerprint density at radius 3 is 2.50 bits per heavy atom. The zero-order valence-electron chi connectivity index (χ0n) is 16.0. The van der Waals surface area contributed by atoms with E-state index in [9.17, 15) is 9.59 Å². The van der Waals surface area contributed by atoms with Gasteiger partial charge in [-0.1, -0.05) is 25.7 Å². The van der Waals surface area contributed by atoms with Crippen molar-refractivity contribution < 1.29 is 18.4 Å². The van der Waals surface area contributed by atoms with E-state index in [1.807, 2.05) is 0 Å². The number of hydrogen-bond donors (Lipinski definition) is 1. The van der Waals surface area contributed by atoms with E-state index in [1.165, 1.54) is 0 Å². The molecular formula is C16H27N3O3. The van der Waals surface area contributed by atoms with Gasteiger partial charge in [-0.2, -0.15) is 4.99 Å². The van der Waals surface area contributed by atoms with E-state index in [0.717, 1.165) is 51.4 Å². The largest absolute Gasteiger partial charge is 0.458 e. The van der Waals surface area contributed by atoms with E-state index < -0.39 is 37.0 Å². The minimum absolute atomic E-state index is 0.225. The summed E-state index contributed by atoms with van der Waals surface area (Å²) >= 11 is 0. The number of ether oxygens (including phenoxy) is 1. The Morgan fingerprint density at radius 2 is 1.82 bits per heavy atom. The molecule has 2 aliphatic rings. The van der Waals surface area contributed by atoms with Crippen molar-refractivity contribution >= 4 is 17.8 Å². The highest BCUT2D eigenvalue weighted by Crippen LogP contribution is 2.44. The van der Waals surface area contributed by atoms with Crippen LogP contribution in [-0.4, -0.2) is 41.9 Å². The molecule has 0 aromatic carbocycles. The number of likely N-dealkylation sites (N-methyl/N-ethyl adjacent to an activating group) is 1. The quantitative estimate of drug-likeness (QED) is 0.691. The van der Waals surface area contributed by atoms with Crippen molar-refractivity contribution in [2.75, 3.05) is 13.5 Å². The smallest absolute Gasteiger partial charge is 0.326 e. The number of nitrogens with zero attached hydrogens (tertiary/aromatic N) is 2. The van der Waals surface area contributed by atoms with Crippen LogP contribution in [0.2, 0.25) is 0 Å². The van der Waals surface area contributed by atoms with Crippen LogP contribution >= 0.6 is 0 Å². The summed E-state index contributed by atoms with van der Waals surface area (Å²) < 4.78 is 28.1. The van der Waals surface area contributed by atoms with Crippen molar-refractivity contribution in [3.63, 3.8) is 0 Å². The highest BCUT2D eigenvalue weighted by atomic mass is 16.6. The molecule has 0 saturated heterocycles. The third-order valence-electron chi connectivity index (χ3n) is 4.21. The van der Waals surface area contributed by atoms with Crippen LogP contribution in [-0.2, 0) is 14.3 Å². The molecule has 1 heterocycles. The fraction of sp³-hybridized carbons (Fsp3) is 0.812. The number of carbonyl (C=O) groups excluding carboxylic acids is 2. The first-order valence-corrected chi connectivity index (χ1v) is 8.08. The van der Waals surface area contributed by atoms with Crippen molar-refractivity contribution in [2.24, 2.45) is 10.7 Å². The highest BCUT2D eigenvalue weighted by molar-refractivity contribution is 5.93. The molecule has 0 atom stereocenters. The standard InChI is InChI=1S/C16H27N3O3/c1-19-12-14(21)22-16(10-11-16)9-7-5-3-2-4-6-8-13(20)18-15(19)17/h2-12H2,1H3,(H2,17,18,20)/i1D3. The molecule has 2 rings (SSSR count). The maximum absolute atomic E-state index is 12.2. The lowest BCUT2D eigenvalue weighted by Crippen LogP contribution is -2.40. The Labute approximate surface area is 136 Å². The first-order chi connectivity index (χ1) is 11.7. The van der Waals surface area contributed by atoms with E-state index in [0.29, 0.717) is 11.3 Å². The van der Waals surface area contributed by atoms with E-state index in [1.54, 1.807) is 0 Å². The molecule has 0 unspecified atom stereocenters. The second-order valence-electron chi connectivity index (χ2n) is 6.23. The lowest BCUT2D eigenvalue weighted by Gasteiger charge is -2.21. The van der Waals surface area contributed by atoms with Gasteiger partial charge in [0, 0.05) is 17.5 Å². The van der Waals surface area contributed by atoms with Crippen molar-refractivity contribution in [1.29, 1.82) is 0 Å².